The van der Waals surface area contributed by atoms with Crippen molar-refractivity contribution in [1.29, 1.82) is 0 Å². The van der Waals surface area contributed by atoms with Crippen molar-refractivity contribution in [3.8, 4) is 0 Å². The molecule has 6 heteroatoms. The lowest BCUT2D eigenvalue weighted by Crippen LogP contribution is -2.40. The maximum absolute atomic E-state index is 12.1. The van der Waals surface area contributed by atoms with Gasteiger partial charge >= 0.3 is 6.03 Å². The van der Waals surface area contributed by atoms with Crippen LogP contribution >= 0.6 is 11.8 Å². The molecule has 0 bridgehead atoms. The Hall–Kier alpha value is -1.69. The first kappa shape index (κ1) is 16.2. The van der Waals surface area contributed by atoms with Crippen LogP contribution in [0.3, 0.4) is 0 Å². The highest BCUT2D eigenvalue weighted by Gasteiger charge is 2.20. The van der Waals surface area contributed by atoms with Gasteiger partial charge in [0, 0.05) is 31.2 Å². The van der Waals surface area contributed by atoms with Gasteiger partial charge in [0.25, 0.3) is 0 Å². The van der Waals surface area contributed by atoms with E-state index in [-0.39, 0.29) is 18.0 Å². The molecule has 0 aliphatic carbocycles. The van der Waals surface area contributed by atoms with Crippen molar-refractivity contribution in [2.24, 2.45) is 0 Å². The van der Waals surface area contributed by atoms with Crippen LogP contribution in [0.2, 0.25) is 0 Å². The molecule has 124 valence electrons. The van der Waals surface area contributed by atoms with Crippen LogP contribution in [0.1, 0.15) is 31.2 Å². The highest BCUT2D eigenvalue weighted by atomic mass is 32.2. The Morgan fingerprint density at radius 3 is 2.87 bits per heavy atom. The van der Waals surface area contributed by atoms with Gasteiger partial charge in [-0.15, -0.1) is 0 Å². The summed E-state index contributed by atoms with van der Waals surface area (Å²) in [6.45, 7) is 1.45. The molecule has 2 aliphatic heterocycles. The minimum Gasteiger partial charge on any atom is -0.338 e. The van der Waals surface area contributed by atoms with Gasteiger partial charge in [-0.3, -0.25) is 4.79 Å². The summed E-state index contributed by atoms with van der Waals surface area (Å²) in [5.74, 6) is 2.45. The summed E-state index contributed by atoms with van der Waals surface area (Å²) in [6, 6.07) is 7.88. The summed E-state index contributed by atoms with van der Waals surface area (Å²) >= 11 is 1.94. The number of hydrogen-bond donors (Lipinski definition) is 2. The Bertz CT molecular complexity index is 573. The molecule has 2 N–H and O–H groups in total. The van der Waals surface area contributed by atoms with Crippen molar-refractivity contribution in [3.63, 3.8) is 0 Å². The van der Waals surface area contributed by atoms with Crippen LogP contribution in [0.5, 0.6) is 0 Å². The number of amides is 3. The predicted octanol–water partition coefficient (Wildman–Crippen LogP) is 2.83. The fourth-order valence-corrected chi connectivity index (χ4v) is 4.14. The lowest BCUT2D eigenvalue weighted by atomic mass is 10.1. The number of nitrogens with zero attached hydrogens (tertiary/aromatic N) is 1. The van der Waals surface area contributed by atoms with Crippen LogP contribution in [-0.4, -0.2) is 40.9 Å². The number of nitrogens with one attached hydrogen (secondary N) is 2. The first-order valence-corrected chi connectivity index (χ1v) is 9.38. The summed E-state index contributed by atoms with van der Waals surface area (Å²) in [4.78, 5) is 25.7. The van der Waals surface area contributed by atoms with Crippen LogP contribution in [-0.2, 0) is 11.3 Å². The molecule has 0 aromatic heterocycles. The number of anilines is 1. The highest BCUT2D eigenvalue weighted by Crippen LogP contribution is 2.18. The lowest BCUT2D eigenvalue weighted by Gasteiger charge is -2.22. The van der Waals surface area contributed by atoms with E-state index in [0.29, 0.717) is 13.0 Å². The zero-order valence-electron chi connectivity index (χ0n) is 13.2. The molecule has 2 fully saturated rings. The van der Waals surface area contributed by atoms with Crippen LogP contribution in [0.15, 0.2) is 24.3 Å². The van der Waals surface area contributed by atoms with Crippen LogP contribution < -0.4 is 10.6 Å². The minimum absolute atomic E-state index is 0.142. The fraction of sp³-hybridized carbons (Fsp3) is 0.529. The summed E-state index contributed by atoms with van der Waals surface area (Å²) in [5, 5.41) is 5.94. The molecule has 1 aromatic carbocycles. The maximum atomic E-state index is 12.1. The number of benzene rings is 1. The zero-order chi connectivity index (χ0) is 16.1. The molecule has 23 heavy (non-hydrogen) atoms. The number of urea groups is 1. The first-order chi connectivity index (χ1) is 11.2. The SMILES string of the molecule is O=C(Nc1cccc(CN2CCCC2=O)c1)NC1CCSCC1. The number of rotatable bonds is 4. The van der Waals surface area contributed by atoms with Gasteiger partial charge in [0.2, 0.25) is 5.91 Å². The largest absolute Gasteiger partial charge is 0.338 e. The summed E-state index contributed by atoms with van der Waals surface area (Å²) in [7, 11) is 0. The Balaban J connectivity index is 1.54. The average Bonchev–Trinajstić information content (AvgIpc) is 2.93. The van der Waals surface area contributed by atoms with E-state index in [0.717, 1.165) is 48.6 Å². The van der Waals surface area contributed by atoms with Crippen molar-refractivity contribution in [1.82, 2.24) is 10.2 Å². The van der Waals surface area contributed by atoms with Gasteiger partial charge < -0.3 is 15.5 Å². The van der Waals surface area contributed by atoms with E-state index in [4.69, 9.17) is 0 Å². The van der Waals surface area contributed by atoms with E-state index < -0.39 is 0 Å². The second-order valence-electron chi connectivity index (χ2n) is 6.10. The quantitative estimate of drug-likeness (QED) is 0.891. The molecule has 3 rings (SSSR count). The Morgan fingerprint density at radius 2 is 2.13 bits per heavy atom. The fourth-order valence-electron chi connectivity index (χ4n) is 3.03. The number of carbonyl (C=O) groups is 2. The Kier molecular flexibility index (Phi) is 5.43. The topological polar surface area (TPSA) is 61.4 Å². The molecular weight excluding hydrogens is 310 g/mol. The summed E-state index contributed by atoms with van der Waals surface area (Å²) < 4.78 is 0. The van der Waals surface area contributed by atoms with Gasteiger partial charge in [-0.05, 0) is 48.5 Å². The molecule has 0 unspecified atom stereocenters. The maximum Gasteiger partial charge on any atom is 0.319 e. The monoisotopic (exact) mass is 333 g/mol. The van der Waals surface area contributed by atoms with E-state index in [1.54, 1.807) is 0 Å². The molecule has 5 nitrogen and oxygen atoms in total. The van der Waals surface area contributed by atoms with Gasteiger partial charge in [0.15, 0.2) is 0 Å². The van der Waals surface area contributed by atoms with Gasteiger partial charge in [0.1, 0.15) is 0 Å². The van der Waals surface area contributed by atoms with Crippen molar-refractivity contribution in [3.05, 3.63) is 29.8 Å². The molecule has 2 heterocycles. The predicted molar refractivity (Wildman–Crippen MR) is 93.6 cm³/mol. The van der Waals surface area contributed by atoms with E-state index >= 15 is 0 Å². The average molecular weight is 333 g/mol. The first-order valence-electron chi connectivity index (χ1n) is 8.23. The molecule has 0 saturated carbocycles. The third-order valence-electron chi connectivity index (χ3n) is 4.29. The normalized spacial score (nSPS) is 19.0. The molecule has 1 aromatic rings. The van der Waals surface area contributed by atoms with E-state index in [9.17, 15) is 9.59 Å². The van der Waals surface area contributed by atoms with Gasteiger partial charge in [0.05, 0.1) is 0 Å². The summed E-state index contributed by atoms with van der Waals surface area (Å²) in [5.41, 5.74) is 1.82. The molecular formula is C17H23N3O2S. The van der Waals surface area contributed by atoms with Gasteiger partial charge in [-0.1, -0.05) is 12.1 Å². The molecule has 2 aliphatic rings. The minimum atomic E-state index is -0.142. The standard InChI is InChI=1S/C17H23N3O2S/c21-16-5-2-8-20(16)12-13-3-1-4-15(11-13)19-17(22)18-14-6-9-23-10-7-14/h1,3-4,11,14H,2,5-10,12H2,(H2,18,19,22). The number of hydrogen-bond acceptors (Lipinski definition) is 3. The molecule has 0 atom stereocenters. The van der Waals surface area contributed by atoms with Crippen LogP contribution in [0.4, 0.5) is 10.5 Å². The molecule has 0 spiro atoms. The Morgan fingerprint density at radius 1 is 1.30 bits per heavy atom. The van der Waals surface area contributed by atoms with Crippen molar-refractivity contribution < 1.29 is 9.59 Å². The van der Waals surface area contributed by atoms with Crippen LogP contribution in [0.25, 0.3) is 0 Å². The second kappa shape index (κ2) is 7.73. The van der Waals surface area contributed by atoms with Crippen molar-refractivity contribution in [2.75, 3.05) is 23.4 Å². The highest BCUT2D eigenvalue weighted by molar-refractivity contribution is 7.99. The zero-order valence-corrected chi connectivity index (χ0v) is 14.0. The summed E-state index contributed by atoms with van der Waals surface area (Å²) in [6.07, 6.45) is 3.67. The smallest absolute Gasteiger partial charge is 0.319 e. The van der Waals surface area contributed by atoms with Gasteiger partial charge in [-0.2, -0.15) is 11.8 Å². The number of carbonyl (C=O) groups excluding carboxylic acids is 2. The third-order valence-corrected chi connectivity index (χ3v) is 5.33. The van der Waals surface area contributed by atoms with Crippen molar-refractivity contribution in [2.45, 2.75) is 38.3 Å². The van der Waals surface area contributed by atoms with E-state index in [1.807, 2.05) is 40.9 Å². The van der Waals surface area contributed by atoms with E-state index in [2.05, 4.69) is 10.6 Å². The van der Waals surface area contributed by atoms with E-state index in [1.165, 1.54) is 0 Å². The molecule has 0 radical (unpaired) electrons. The third kappa shape index (κ3) is 4.64. The second-order valence-corrected chi connectivity index (χ2v) is 7.33. The lowest BCUT2D eigenvalue weighted by molar-refractivity contribution is -0.128. The molecule has 2 saturated heterocycles. The van der Waals surface area contributed by atoms with Crippen LogP contribution in [0, 0.1) is 0 Å². The molecule has 3 amide bonds. The van der Waals surface area contributed by atoms with Gasteiger partial charge in [-0.25, -0.2) is 4.79 Å². The number of thioether (sulfide) groups is 1. The number of likely N-dealkylation sites (tertiary alicyclic amines) is 1. The van der Waals surface area contributed by atoms with Crippen molar-refractivity contribution >= 4 is 29.4 Å². The Labute approximate surface area is 141 Å².